The van der Waals surface area contributed by atoms with E-state index in [-0.39, 0.29) is 5.91 Å². The molecule has 4 rings (SSSR count). The van der Waals surface area contributed by atoms with Crippen LogP contribution in [0.5, 0.6) is 11.6 Å². The minimum Gasteiger partial charge on any atom is -0.438 e. The van der Waals surface area contributed by atoms with E-state index in [4.69, 9.17) is 4.74 Å². The van der Waals surface area contributed by atoms with E-state index < -0.39 is 0 Å². The minimum absolute atomic E-state index is 0.0654. The zero-order chi connectivity index (χ0) is 20.1. The third kappa shape index (κ3) is 4.84. The first-order chi connectivity index (χ1) is 14.2. The van der Waals surface area contributed by atoms with Crippen LogP contribution >= 0.6 is 0 Å². The van der Waals surface area contributed by atoms with Gasteiger partial charge in [-0.15, -0.1) is 10.2 Å². The second-order valence-electron chi connectivity index (χ2n) is 6.52. The summed E-state index contributed by atoms with van der Waals surface area (Å²) in [5.74, 6) is 1.51. The molecule has 1 amide bonds. The lowest BCUT2D eigenvalue weighted by molar-refractivity contribution is -0.115. The van der Waals surface area contributed by atoms with E-state index in [9.17, 15) is 4.79 Å². The average molecular weight is 385 g/mol. The summed E-state index contributed by atoms with van der Waals surface area (Å²) in [6, 6.07) is 20.3. The summed E-state index contributed by atoms with van der Waals surface area (Å²) in [6.45, 7) is 2.01. The van der Waals surface area contributed by atoms with Gasteiger partial charge in [0.2, 0.25) is 11.8 Å². The Balaban J connectivity index is 1.34. The van der Waals surface area contributed by atoms with Crippen LogP contribution in [0.15, 0.2) is 79.1 Å². The number of carbonyl (C=O) groups is 1. The van der Waals surface area contributed by atoms with Gasteiger partial charge in [-0.3, -0.25) is 4.79 Å². The van der Waals surface area contributed by atoms with Gasteiger partial charge in [0.25, 0.3) is 0 Å². The maximum absolute atomic E-state index is 12.2. The monoisotopic (exact) mass is 385 g/mol. The Morgan fingerprint density at radius 2 is 1.90 bits per heavy atom. The molecule has 0 aliphatic heterocycles. The second-order valence-corrected chi connectivity index (χ2v) is 6.52. The van der Waals surface area contributed by atoms with Crippen LogP contribution in [-0.4, -0.2) is 25.9 Å². The summed E-state index contributed by atoms with van der Waals surface area (Å²) in [7, 11) is 0. The quantitative estimate of drug-likeness (QED) is 0.544. The summed E-state index contributed by atoms with van der Waals surface area (Å²) in [5, 5.41) is 15.1. The summed E-state index contributed by atoms with van der Waals surface area (Å²) < 4.78 is 7.32. The number of nitrogens with one attached hydrogen (secondary N) is 1. The number of aryl methyl sites for hydroxylation is 1. The fourth-order valence-electron chi connectivity index (χ4n) is 2.83. The maximum Gasteiger partial charge on any atom is 0.238 e. The topological polar surface area (TPSA) is 81.9 Å². The highest BCUT2D eigenvalue weighted by atomic mass is 16.5. The lowest BCUT2D eigenvalue weighted by Crippen LogP contribution is -2.14. The van der Waals surface area contributed by atoms with Crippen molar-refractivity contribution in [3.63, 3.8) is 0 Å². The van der Waals surface area contributed by atoms with Gasteiger partial charge in [-0.25, -0.2) is 4.68 Å². The number of nitrogens with zero attached hydrogens (tertiary/aromatic N) is 4. The van der Waals surface area contributed by atoms with E-state index in [1.54, 1.807) is 53.5 Å². The molecule has 0 aliphatic rings. The summed E-state index contributed by atoms with van der Waals surface area (Å²) in [4.78, 5) is 12.2. The molecule has 0 aliphatic carbocycles. The molecule has 2 heterocycles. The van der Waals surface area contributed by atoms with Crippen molar-refractivity contribution >= 4 is 11.6 Å². The van der Waals surface area contributed by atoms with Crippen LogP contribution in [0.25, 0.3) is 5.82 Å². The predicted octanol–water partition coefficient (Wildman–Crippen LogP) is 3.94. The van der Waals surface area contributed by atoms with E-state index in [1.807, 2.05) is 37.3 Å². The van der Waals surface area contributed by atoms with E-state index >= 15 is 0 Å². The highest BCUT2D eigenvalue weighted by Gasteiger charge is 2.06. The van der Waals surface area contributed by atoms with Crippen molar-refractivity contribution in [3.8, 4) is 17.4 Å². The third-order valence-electron chi connectivity index (χ3n) is 4.17. The molecule has 0 fully saturated rings. The molecule has 0 atom stereocenters. The molecular formula is C22H19N5O2. The highest BCUT2D eigenvalue weighted by Crippen LogP contribution is 2.21. The number of carbonyl (C=O) groups excluding carboxylic acids is 1. The largest absolute Gasteiger partial charge is 0.438 e. The predicted molar refractivity (Wildman–Crippen MR) is 109 cm³/mol. The highest BCUT2D eigenvalue weighted by molar-refractivity contribution is 5.92. The Labute approximate surface area is 168 Å². The molecule has 29 heavy (non-hydrogen) atoms. The van der Waals surface area contributed by atoms with Gasteiger partial charge >= 0.3 is 0 Å². The van der Waals surface area contributed by atoms with Gasteiger partial charge in [-0.1, -0.05) is 29.8 Å². The Kier molecular flexibility index (Phi) is 5.29. The van der Waals surface area contributed by atoms with Crippen molar-refractivity contribution in [2.75, 3.05) is 5.32 Å². The summed E-state index contributed by atoms with van der Waals surface area (Å²) in [5.41, 5.74) is 2.83. The van der Waals surface area contributed by atoms with Gasteiger partial charge in [-0.2, -0.15) is 5.10 Å². The van der Waals surface area contributed by atoms with Crippen LogP contribution in [0.4, 0.5) is 5.69 Å². The molecular weight excluding hydrogens is 366 g/mol. The molecule has 144 valence electrons. The number of aromatic nitrogens is 4. The van der Waals surface area contributed by atoms with Crippen LogP contribution in [-0.2, 0) is 11.2 Å². The summed E-state index contributed by atoms with van der Waals surface area (Å²) >= 11 is 0. The molecule has 0 spiro atoms. The number of rotatable bonds is 6. The van der Waals surface area contributed by atoms with Crippen LogP contribution in [0.3, 0.4) is 0 Å². The van der Waals surface area contributed by atoms with Crippen LogP contribution < -0.4 is 10.1 Å². The molecule has 0 saturated heterocycles. The first-order valence-corrected chi connectivity index (χ1v) is 9.13. The first-order valence-electron chi connectivity index (χ1n) is 9.13. The number of amides is 1. The molecule has 7 nitrogen and oxygen atoms in total. The van der Waals surface area contributed by atoms with Crippen LogP contribution in [0.2, 0.25) is 0 Å². The fraction of sp³-hybridized carbons (Fsp3) is 0.0909. The number of ether oxygens (including phenoxy) is 1. The average Bonchev–Trinajstić information content (AvgIpc) is 3.25. The van der Waals surface area contributed by atoms with E-state index in [0.29, 0.717) is 29.6 Å². The lowest BCUT2D eigenvalue weighted by Gasteiger charge is -2.08. The van der Waals surface area contributed by atoms with Crippen LogP contribution in [0, 0.1) is 6.92 Å². The molecule has 0 bridgehead atoms. The zero-order valence-electron chi connectivity index (χ0n) is 15.8. The maximum atomic E-state index is 12.2. The van der Waals surface area contributed by atoms with Gasteiger partial charge in [0.15, 0.2) is 5.82 Å². The normalized spacial score (nSPS) is 10.5. The molecule has 0 radical (unpaired) electrons. The number of benzene rings is 2. The Morgan fingerprint density at radius 1 is 1.03 bits per heavy atom. The van der Waals surface area contributed by atoms with Gasteiger partial charge in [0.05, 0.1) is 6.42 Å². The lowest BCUT2D eigenvalue weighted by atomic mass is 10.1. The zero-order valence-corrected chi connectivity index (χ0v) is 15.8. The molecule has 2 aromatic heterocycles. The van der Waals surface area contributed by atoms with Gasteiger partial charge in [0.1, 0.15) is 5.75 Å². The summed E-state index contributed by atoms with van der Waals surface area (Å²) in [6.07, 6.45) is 3.79. The number of anilines is 1. The van der Waals surface area contributed by atoms with Crippen molar-refractivity contribution in [3.05, 3.63) is 90.3 Å². The molecule has 1 N–H and O–H groups in total. The fourth-order valence-corrected chi connectivity index (χ4v) is 2.83. The van der Waals surface area contributed by atoms with Gasteiger partial charge in [0, 0.05) is 24.1 Å². The van der Waals surface area contributed by atoms with Crippen LogP contribution in [0.1, 0.15) is 11.1 Å². The molecule has 0 unspecified atom stereocenters. The minimum atomic E-state index is -0.0654. The molecule has 4 aromatic rings. The Hall–Kier alpha value is -4.00. The number of hydrogen-bond acceptors (Lipinski definition) is 5. The van der Waals surface area contributed by atoms with Crippen molar-refractivity contribution in [2.24, 2.45) is 0 Å². The molecule has 7 heteroatoms. The number of hydrogen-bond donors (Lipinski definition) is 1. The van der Waals surface area contributed by atoms with E-state index in [1.165, 1.54) is 0 Å². The third-order valence-corrected chi connectivity index (χ3v) is 4.17. The van der Waals surface area contributed by atoms with Crippen molar-refractivity contribution in [2.45, 2.75) is 13.3 Å². The van der Waals surface area contributed by atoms with Crippen molar-refractivity contribution < 1.29 is 9.53 Å². The second kappa shape index (κ2) is 8.35. The smallest absolute Gasteiger partial charge is 0.238 e. The Bertz CT molecular complexity index is 1090. The SMILES string of the molecule is Cc1cccc(CC(=O)Nc2ccc(Oc3ccc(-n4cccn4)nn3)cc2)c1. The van der Waals surface area contributed by atoms with Gasteiger partial charge in [-0.05, 0) is 48.9 Å². The van der Waals surface area contributed by atoms with E-state index in [2.05, 4.69) is 20.6 Å². The van der Waals surface area contributed by atoms with Gasteiger partial charge < -0.3 is 10.1 Å². The Morgan fingerprint density at radius 3 is 2.59 bits per heavy atom. The molecule has 0 saturated carbocycles. The molecule has 2 aromatic carbocycles. The van der Waals surface area contributed by atoms with E-state index in [0.717, 1.165) is 11.1 Å². The van der Waals surface area contributed by atoms with Crippen molar-refractivity contribution in [1.29, 1.82) is 0 Å². The van der Waals surface area contributed by atoms with Crippen molar-refractivity contribution in [1.82, 2.24) is 20.0 Å². The first kappa shape index (κ1) is 18.4. The standard InChI is InChI=1S/C22H19N5O2/c1-16-4-2-5-17(14-16)15-21(28)24-18-6-8-19(9-7-18)29-22-11-10-20(25-26-22)27-13-3-12-23-27/h2-14H,15H2,1H3,(H,24,28).